The van der Waals surface area contributed by atoms with Crippen LogP contribution in [0, 0.1) is 20.5 Å². The van der Waals surface area contributed by atoms with E-state index in [2.05, 4.69) is 21.1 Å². The zero-order valence-corrected chi connectivity index (χ0v) is 14.5. The van der Waals surface area contributed by atoms with Gasteiger partial charge in [-0.1, -0.05) is 40.0 Å². The Kier molecular flexibility index (Phi) is 23.8. The molecule has 2 heterocycles. The van der Waals surface area contributed by atoms with Gasteiger partial charge in [-0.05, 0) is 12.4 Å². The first-order valence-electron chi connectivity index (χ1n) is 5.04. The number of hydrogen-bond acceptors (Lipinski definition) is 2. The van der Waals surface area contributed by atoms with Gasteiger partial charge in [-0.3, -0.25) is 0 Å². The molecule has 0 aliphatic rings. The number of nitrogens with zero attached hydrogens (tertiary/aromatic N) is 2. The van der Waals surface area contributed by atoms with E-state index in [0.29, 0.717) is 0 Å². The first-order valence-corrected chi connectivity index (χ1v) is 5.04. The van der Waals surface area contributed by atoms with Crippen LogP contribution < -0.4 is 0 Å². The number of H-pyrrole nitrogens is 1. The van der Waals surface area contributed by atoms with Gasteiger partial charge in [-0.2, -0.15) is 0 Å². The van der Waals surface area contributed by atoms with Gasteiger partial charge < -0.3 is 22.4 Å². The zero-order valence-electron chi connectivity index (χ0n) is 11.7. The van der Waals surface area contributed by atoms with Crippen LogP contribution in [0.25, 0.3) is 11.0 Å². The predicted molar refractivity (Wildman–Crippen MR) is 74.4 cm³/mol. The Morgan fingerprint density at radius 1 is 1.24 bits per heavy atom. The predicted octanol–water partition coefficient (Wildman–Crippen LogP) is 3.43. The molecule has 5 heteroatoms. The van der Waals surface area contributed by atoms with E-state index in [0.717, 1.165) is 16.6 Å². The molecule has 94 valence electrons. The number of rotatable bonds is 0. The Morgan fingerprint density at radius 3 is 2.24 bits per heavy atom. The molecule has 3 nitrogen and oxygen atoms in total. The van der Waals surface area contributed by atoms with Gasteiger partial charge in [0.2, 0.25) is 0 Å². The summed E-state index contributed by atoms with van der Waals surface area (Å²) in [6.45, 7) is 10.00. The van der Waals surface area contributed by atoms with E-state index in [4.69, 9.17) is 0 Å². The number of hydrogen-bond donors (Lipinski definition) is 1. The number of aryl methyl sites for hydroxylation is 1. The summed E-state index contributed by atoms with van der Waals surface area (Å²) < 4.78 is 0. The van der Waals surface area contributed by atoms with E-state index < -0.39 is 0 Å². The van der Waals surface area contributed by atoms with Crippen molar-refractivity contribution in [1.82, 2.24) is 15.0 Å². The molecular weight excluding hydrogens is 286 g/mol. The van der Waals surface area contributed by atoms with Gasteiger partial charge in [0.05, 0.1) is 0 Å². The van der Waals surface area contributed by atoms with E-state index in [9.17, 15) is 0 Å². The maximum Gasteiger partial charge on any atom is 0.0455 e. The van der Waals surface area contributed by atoms with E-state index in [1.165, 1.54) is 6.33 Å². The SMILES string of the molecule is CC.CC.Cc1c[nH]c2ncn[c-]c12.[2HH].[B].[CH3-].[Y]. The van der Waals surface area contributed by atoms with Crippen LogP contribution in [0.2, 0.25) is 0 Å². The summed E-state index contributed by atoms with van der Waals surface area (Å²) in [6, 6.07) is 0. The molecule has 17 heavy (non-hydrogen) atoms. The molecule has 0 atom stereocenters. The average Bonchev–Trinajstić information content (AvgIpc) is 2.67. The molecule has 0 unspecified atom stereocenters. The van der Waals surface area contributed by atoms with Crippen LogP contribution in [-0.2, 0) is 32.7 Å². The Balaban J connectivity index is -0.0000000650. The van der Waals surface area contributed by atoms with Crippen LogP contribution in [0.15, 0.2) is 12.5 Å². The van der Waals surface area contributed by atoms with Crippen molar-refractivity contribution in [2.45, 2.75) is 34.6 Å². The second-order valence-corrected chi connectivity index (χ2v) is 2.18. The smallest absolute Gasteiger partial charge is 0.0455 e. The number of aromatic nitrogens is 3. The van der Waals surface area contributed by atoms with Crippen molar-refractivity contribution >= 4 is 19.4 Å². The van der Waals surface area contributed by atoms with E-state index in [1.54, 1.807) is 0 Å². The van der Waals surface area contributed by atoms with Crippen LogP contribution in [0.4, 0.5) is 0 Å². The fraction of sp³-hybridized carbons (Fsp3) is 0.417. The molecule has 1 N–H and O–H groups in total. The van der Waals surface area contributed by atoms with Crippen molar-refractivity contribution in [3.05, 3.63) is 31.7 Å². The molecule has 0 saturated heterocycles. The quantitative estimate of drug-likeness (QED) is 0.598. The second kappa shape index (κ2) is 15.8. The molecule has 0 saturated carbocycles. The van der Waals surface area contributed by atoms with Crippen LogP contribution in [0.1, 0.15) is 34.7 Å². The maximum absolute atomic E-state index is 4.00. The van der Waals surface area contributed by atoms with Gasteiger partial charge in [-0.25, -0.2) is 0 Å². The van der Waals surface area contributed by atoms with E-state index in [1.807, 2.05) is 40.8 Å². The first kappa shape index (κ1) is 25.6. The van der Waals surface area contributed by atoms with Crippen molar-refractivity contribution in [2.24, 2.45) is 0 Å². The first-order chi connectivity index (χ1) is 6.88. The number of fused-ring (bicyclic) bond motifs is 1. The third-order valence-corrected chi connectivity index (χ3v) is 1.48. The summed E-state index contributed by atoms with van der Waals surface area (Å²) in [6.07, 6.45) is 6.24. The Labute approximate surface area is 134 Å². The topological polar surface area (TPSA) is 41.6 Å². The summed E-state index contributed by atoms with van der Waals surface area (Å²) in [4.78, 5) is 10.8. The molecule has 4 radical (unpaired) electrons. The average molecular weight is 310 g/mol. The molecule has 0 aliphatic heterocycles. The summed E-state index contributed by atoms with van der Waals surface area (Å²) in [5.74, 6) is 0. The number of nitrogens with one attached hydrogen (secondary N) is 1. The van der Waals surface area contributed by atoms with Crippen LogP contribution in [-0.4, -0.2) is 23.4 Å². The normalized spacial score (nSPS) is 6.88. The van der Waals surface area contributed by atoms with E-state index in [-0.39, 0.29) is 50.0 Å². The molecule has 0 bridgehead atoms. The Bertz CT molecular complexity index is 369. The van der Waals surface area contributed by atoms with Crippen LogP contribution in [0.3, 0.4) is 0 Å². The van der Waals surface area contributed by atoms with Crippen LogP contribution in [0.5, 0.6) is 0 Å². The minimum atomic E-state index is 0. The number of aromatic amines is 1. The summed E-state index contributed by atoms with van der Waals surface area (Å²) in [5, 5.41) is 0.975. The molecule has 0 fully saturated rings. The second-order valence-electron chi connectivity index (χ2n) is 2.18. The molecule has 2 rings (SSSR count). The monoisotopic (exact) mass is 310 g/mol. The van der Waals surface area contributed by atoms with E-state index >= 15 is 0 Å². The Morgan fingerprint density at radius 2 is 1.76 bits per heavy atom. The van der Waals surface area contributed by atoms with Crippen molar-refractivity contribution in [1.29, 1.82) is 0 Å². The third kappa shape index (κ3) is 7.67. The molecule has 0 aliphatic carbocycles. The van der Waals surface area contributed by atoms with Gasteiger partial charge >= 0.3 is 0 Å². The fourth-order valence-electron chi connectivity index (χ4n) is 0.931. The molecule has 0 aromatic carbocycles. The van der Waals surface area contributed by atoms with Gasteiger partial charge in [-0.15, -0.1) is 5.56 Å². The summed E-state index contributed by atoms with van der Waals surface area (Å²) in [7, 11) is 0. The van der Waals surface area contributed by atoms with Crippen molar-refractivity contribution in [2.75, 3.05) is 0 Å². The van der Waals surface area contributed by atoms with Gasteiger partial charge in [0.15, 0.2) is 0 Å². The summed E-state index contributed by atoms with van der Waals surface area (Å²) in [5.41, 5.74) is 1.99. The zero-order chi connectivity index (χ0) is 11.0. The largest absolute Gasteiger partial charge is 0.394 e. The van der Waals surface area contributed by atoms with Gasteiger partial charge in [0.25, 0.3) is 0 Å². The third-order valence-electron chi connectivity index (χ3n) is 1.48. The molecule has 0 spiro atoms. The minimum Gasteiger partial charge on any atom is -0.394 e. The standard InChI is InChI=1S/C7H6N3.2C2H6.CH3.B.Y.H2/c1-5-2-9-7-6(5)3-8-4-10-7;2*1-2;;;;/h2,4H,1H3,(H,8,9,10);2*1-2H3;1H3;;;1H/q-1;;;-1;;;/i;;;;;;1+1. The minimum absolute atomic E-state index is 0. The fourth-order valence-corrected chi connectivity index (χ4v) is 0.931. The molecular formula is C12H23BN3Y-2. The van der Waals surface area contributed by atoms with Crippen molar-refractivity contribution < 1.29 is 34.1 Å². The maximum atomic E-state index is 4.00. The Hall–Kier alpha value is -0.211. The summed E-state index contributed by atoms with van der Waals surface area (Å²) >= 11 is 0. The van der Waals surface area contributed by atoms with Gasteiger partial charge in [0.1, 0.15) is 0 Å². The van der Waals surface area contributed by atoms with Crippen molar-refractivity contribution in [3.63, 3.8) is 0 Å². The molecule has 2 aromatic heterocycles. The van der Waals surface area contributed by atoms with Crippen molar-refractivity contribution in [3.8, 4) is 0 Å². The van der Waals surface area contributed by atoms with Crippen LogP contribution >= 0.6 is 0 Å². The van der Waals surface area contributed by atoms with Gasteiger partial charge in [0, 0.05) is 54.5 Å². The molecule has 2 aromatic rings. The molecule has 0 amide bonds.